The normalized spacial score (nSPS) is 12.0. The molecule has 2 nitrogen and oxygen atoms in total. The second kappa shape index (κ2) is 29.5. The zero-order valence-electron chi connectivity index (χ0n) is 25.9. The summed E-state index contributed by atoms with van der Waals surface area (Å²) in [5, 5.41) is 0. The molecule has 36 heavy (non-hydrogen) atoms. The van der Waals surface area contributed by atoms with E-state index in [1.165, 1.54) is 197 Å². The third-order valence-corrected chi connectivity index (χ3v) is 8.33. The molecule has 0 amide bonds. The summed E-state index contributed by atoms with van der Waals surface area (Å²) < 4.78 is 1.24. The largest absolute Gasteiger partial charge is 0.330 e. The molecule has 2 N–H and O–H groups in total. The van der Waals surface area contributed by atoms with Gasteiger partial charge in [-0.15, -0.1) is 0 Å². The van der Waals surface area contributed by atoms with Crippen molar-refractivity contribution < 1.29 is 4.48 Å². The SMILES string of the molecule is CCCCCCCCCCCC[N+](C)(C)CCCCCCCCCCCCCCCCCCCCN. The summed E-state index contributed by atoms with van der Waals surface area (Å²) in [6.45, 7) is 5.94. The molecule has 218 valence electrons. The molecule has 2 heteroatoms. The first-order chi connectivity index (χ1) is 17.6. The summed E-state index contributed by atoms with van der Waals surface area (Å²) in [4.78, 5) is 0. The Morgan fingerprint density at radius 2 is 0.556 bits per heavy atom. The number of rotatable bonds is 31. The van der Waals surface area contributed by atoms with Gasteiger partial charge in [0.1, 0.15) is 0 Å². The average Bonchev–Trinajstić information content (AvgIpc) is 2.86. The van der Waals surface area contributed by atoms with Crippen molar-refractivity contribution in [3.8, 4) is 0 Å². The maximum atomic E-state index is 5.55. The fourth-order valence-electron chi connectivity index (χ4n) is 5.65. The van der Waals surface area contributed by atoms with Crippen molar-refractivity contribution in [1.82, 2.24) is 0 Å². The Morgan fingerprint density at radius 1 is 0.333 bits per heavy atom. The Morgan fingerprint density at radius 3 is 0.806 bits per heavy atom. The van der Waals surface area contributed by atoms with E-state index in [1.807, 2.05) is 0 Å². The summed E-state index contributed by atoms with van der Waals surface area (Å²) in [6, 6.07) is 0. The number of unbranched alkanes of at least 4 members (excludes halogenated alkanes) is 26. The molecule has 0 radical (unpaired) electrons. The first-order valence-electron chi connectivity index (χ1n) is 17.1. The van der Waals surface area contributed by atoms with Gasteiger partial charge in [-0.05, 0) is 38.6 Å². The maximum Gasteiger partial charge on any atom is 0.0782 e. The third kappa shape index (κ3) is 30.1. The van der Waals surface area contributed by atoms with Crippen LogP contribution < -0.4 is 5.73 Å². The topological polar surface area (TPSA) is 26.0 Å². The molecule has 0 bridgehead atoms. The van der Waals surface area contributed by atoms with Crippen molar-refractivity contribution in [2.24, 2.45) is 5.73 Å². The van der Waals surface area contributed by atoms with Gasteiger partial charge in [-0.25, -0.2) is 0 Å². The van der Waals surface area contributed by atoms with Crippen LogP contribution in [0.1, 0.15) is 187 Å². The number of quaternary nitrogens is 1. The van der Waals surface area contributed by atoms with E-state index < -0.39 is 0 Å². The fourth-order valence-corrected chi connectivity index (χ4v) is 5.65. The Kier molecular flexibility index (Phi) is 29.4. The minimum absolute atomic E-state index is 0.872. The van der Waals surface area contributed by atoms with Gasteiger partial charge < -0.3 is 10.2 Å². The summed E-state index contributed by atoms with van der Waals surface area (Å²) in [7, 11) is 4.91. The first kappa shape index (κ1) is 35.9. The van der Waals surface area contributed by atoms with E-state index in [4.69, 9.17) is 5.73 Å². The molecule has 0 rings (SSSR count). The summed E-state index contributed by atoms with van der Waals surface area (Å²) >= 11 is 0. The Balaban J connectivity index is 3.24. The molecule has 0 aromatic heterocycles. The van der Waals surface area contributed by atoms with Crippen LogP contribution in [0.4, 0.5) is 0 Å². The van der Waals surface area contributed by atoms with E-state index >= 15 is 0 Å². The van der Waals surface area contributed by atoms with Crippen LogP contribution in [0.25, 0.3) is 0 Å². The van der Waals surface area contributed by atoms with Crippen molar-refractivity contribution >= 4 is 0 Å². The van der Waals surface area contributed by atoms with Crippen LogP contribution in [0, 0.1) is 0 Å². The van der Waals surface area contributed by atoms with Gasteiger partial charge in [0, 0.05) is 0 Å². The molecular formula is C34H73N2+. The van der Waals surface area contributed by atoms with Crippen LogP contribution in [0.3, 0.4) is 0 Å². The van der Waals surface area contributed by atoms with E-state index in [0.717, 1.165) is 6.54 Å². The van der Waals surface area contributed by atoms with Crippen LogP contribution in [0.5, 0.6) is 0 Å². The predicted molar refractivity (Wildman–Crippen MR) is 166 cm³/mol. The van der Waals surface area contributed by atoms with Crippen LogP contribution >= 0.6 is 0 Å². The highest BCUT2D eigenvalue weighted by molar-refractivity contribution is 4.52. The average molecular weight is 510 g/mol. The highest BCUT2D eigenvalue weighted by Gasteiger charge is 2.13. The molecular weight excluding hydrogens is 436 g/mol. The Bertz CT molecular complexity index is 393. The predicted octanol–water partition coefficient (Wildman–Crippen LogP) is 11.0. The lowest BCUT2D eigenvalue weighted by atomic mass is 10.0. The Labute approximate surface area is 230 Å². The molecule has 0 saturated heterocycles. The molecule has 0 unspecified atom stereocenters. The number of nitrogens with two attached hydrogens (primary N) is 1. The number of nitrogens with zero attached hydrogens (tertiary/aromatic N) is 1. The molecule has 0 aliphatic heterocycles. The van der Waals surface area contributed by atoms with E-state index in [-0.39, 0.29) is 0 Å². The Hall–Kier alpha value is -0.0800. The standard InChI is InChI=1S/C34H73N2/c1-4-5-6-7-8-9-21-24-27-30-33-36(2,3)34-31-28-25-22-19-17-15-13-11-10-12-14-16-18-20-23-26-29-32-35/h4-35H2,1-3H3/q+1. The van der Waals surface area contributed by atoms with Crippen molar-refractivity contribution in [2.45, 2.75) is 187 Å². The van der Waals surface area contributed by atoms with Gasteiger partial charge in [0.05, 0.1) is 27.2 Å². The maximum absolute atomic E-state index is 5.55. The van der Waals surface area contributed by atoms with Gasteiger partial charge in [-0.1, -0.05) is 155 Å². The lowest BCUT2D eigenvalue weighted by molar-refractivity contribution is -0.890. The van der Waals surface area contributed by atoms with Crippen LogP contribution in [0.15, 0.2) is 0 Å². The van der Waals surface area contributed by atoms with E-state index in [0.29, 0.717) is 0 Å². The minimum atomic E-state index is 0.872. The molecule has 0 fully saturated rings. The van der Waals surface area contributed by atoms with Crippen molar-refractivity contribution in [2.75, 3.05) is 33.7 Å². The molecule has 0 spiro atoms. The third-order valence-electron chi connectivity index (χ3n) is 8.33. The van der Waals surface area contributed by atoms with Crippen molar-refractivity contribution in [1.29, 1.82) is 0 Å². The van der Waals surface area contributed by atoms with E-state index in [2.05, 4.69) is 21.0 Å². The van der Waals surface area contributed by atoms with Crippen LogP contribution in [0.2, 0.25) is 0 Å². The second-order valence-corrected chi connectivity index (χ2v) is 12.7. The molecule has 0 aromatic carbocycles. The van der Waals surface area contributed by atoms with Gasteiger partial charge in [0.2, 0.25) is 0 Å². The molecule has 0 aromatic rings. The van der Waals surface area contributed by atoms with E-state index in [9.17, 15) is 0 Å². The van der Waals surface area contributed by atoms with Crippen LogP contribution in [-0.2, 0) is 0 Å². The first-order valence-corrected chi connectivity index (χ1v) is 17.1. The van der Waals surface area contributed by atoms with Gasteiger partial charge in [-0.3, -0.25) is 0 Å². The van der Waals surface area contributed by atoms with Gasteiger partial charge in [0.25, 0.3) is 0 Å². The second-order valence-electron chi connectivity index (χ2n) is 12.7. The summed E-state index contributed by atoms with van der Waals surface area (Å²) in [5.74, 6) is 0. The van der Waals surface area contributed by atoms with Crippen molar-refractivity contribution in [3.63, 3.8) is 0 Å². The molecule has 0 heterocycles. The molecule has 0 atom stereocenters. The highest BCUT2D eigenvalue weighted by Crippen LogP contribution is 2.15. The van der Waals surface area contributed by atoms with Gasteiger partial charge >= 0.3 is 0 Å². The quantitative estimate of drug-likeness (QED) is 0.0729. The molecule has 0 aliphatic carbocycles. The fraction of sp³-hybridized carbons (Fsp3) is 1.00. The smallest absolute Gasteiger partial charge is 0.0782 e. The van der Waals surface area contributed by atoms with Gasteiger partial charge in [0.15, 0.2) is 0 Å². The number of hydrogen-bond acceptors (Lipinski definition) is 1. The zero-order valence-corrected chi connectivity index (χ0v) is 25.9. The summed E-state index contributed by atoms with van der Waals surface area (Å²) in [5.41, 5.74) is 5.55. The van der Waals surface area contributed by atoms with E-state index in [1.54, 1.807) is 0 Å². The zero-order chi connectivity index (χ0) is 26.4. The number of hydrogen-bond donors (Lipinski definition) is 1. The van der Waals surface area contributed by atoms with Gasteiger partial charge in [-0.2, -0.15) is 0 Å². The van der Waals surface area contributed by atoms with Crippen molar-refractivity contribution in [3.05, 3.63) is 0 Å². The lowest BCUT2D eigenvalue weighted by Crippen LogP contribution is -2.41. The lowest BCUT2D eigenvalue weighted by Gasteiger charge is -2.30. The molecule has 0 saturated carbocycles. The highest BCUT2D eigenvalue weighted by atomic mass is 15.3. The minimum Gasteiger partial charge on any atom is -0.330 e. The summed E-state index contributed by atoms with van der Waals surface area (Å²) in [6.07, 6.45) is 40.4. The molecule has 0 aliphatic rings. The van der Waals surface area contributed by atoms with Crippen LogP contribution in [-0.4, -0.2) is 38.2 Å². The monoisotopic (exact) mass is 510 g/mol.